The molecule has 1 saturated heterocycles. The van der Waals surface area contributed by atoms with Gasteiger partial charge in [-0.05, 0) is 43.4 Å². The number of alkyl halides is 1. The van der Waals surface area contributed by atoms with Crippen molar-refractivity contribution in [2.24, 2.45) is 11.3 Å². The first kappa shape index (κ1) is 17.3. The Hall–Kier alpha value is 0.250. The molecular weight excluding hydrogens is 256 g/mol. The minimum absolute atomic E-state index is 0.424. The zero-order valence-corrected chi connectivity index (χ0v) is 13.8. The molecule has 1 heterocycles. The number of rotatable bonds is 10. The van der Waals surface area contributed by atoms with Gasteiger partial charge in [0, 0.05) is 19.1 Å². The zero-order valence-electron chi connectivity index (χ0n) is 13.1. The van der Waals surface area contributed by atoms with Crippen molar-refractivity contribution in [1.82, 2.24) is 0 Å². The van der Waals surface area contributed by atoms with Gasteiger partial charge in [0.05, 0.1) is 0 Å². The Labute approximate surface area is 125 Å². The fourth-order valence-corrected chi connectivity index (χ4v) is 3.68. The molecule has 1 aliphatic heterocycles. The highest BCUT2D eigenvalue weighted by molar-refractivity contribution is 6.18. The maximum absolute atomic E-state index is 6.27. The van der Waals surface area contributed by atoms with Crippen molar-refractivity contribution in [3.63, 3.8) is 0 Å². The van der Waals surface area contributed by atoms with Gasteiger partial charge in [-0.3, -0.25) is 0 Å². The maximum atomic E-state index is 6.27. The van der Waals surface area contributed by atoms with Crippen molar-refractivity contribution in [2.75, 3.05) is 19.1 Å². The second-order valence-corrected chi connectivity index (χ2v) is 6.66. The van der Waals surface area contributed by atoms with E-state index in [0.29, 0.717) is 5.41 Å². The summed E-state index contributed by atoms with van der Waals surface area (Å²) in [6.07, 6.45) is 13.2. The van der Waals surface area contributed by atoms with Crippen LogP contribution < -0.4 is 0 Å². The number of halogens is 1. The van der Waals surface area contributed by atoms with Gasteiger partial charge in [-0.15, -0.1) is 11.6 Å². The maximum Gasteiger partial charge on any atom is 0.0468 e. The molecule has 0 aliphatic carbocycles. The quantitative estimate of drug-likeness (QED) is 0.365. The summed E-state index contributed by atoms with van der Waals surface area (Å²) >= 11 is 6.27. The lowest BCUT2D eigenvalue weighted by atomic mass is 9.77. The van der Waals surface area contributed by atoms with Gasteiger partial charge < -0.3 is 4.74 Å². The Balaban J connectivity index is 2.19. The molecule has 1 unspecified atom stereocenters. The van der Waals surface area contributed by atoms with Gasteiger partial charge in [0.1, 0.15) is 0 Å². The van der Waals surface area contributed by atoms with E-state index in [9.17, 15) is 0 Å². The van der Waals surface area contributed by atoms with Crippen LogP contribution in [0.4, 0.5) is 0 Å². The smallest absolute Gasteiger partial charge is 0.0468 e. The highest BCUT2D eigenvalue weighted by atomic mass is 35.5. The summed E-state index contributed by atoms with van der Waals surface area (Å²) in [4.78, 5) is 0. The summed E-state index contributed by atoms with van der Waals surface area (Å²) in [5.41, 5.74) is 0.424. The van der Waals surface area contributed by atoms with Crippen LogP contribution in [-0.2, 0) is 4.74 Å². The van der Waals surface area contributed by atoms with Gasteiger partial charge in [-0.2, -0.15) is 0 Å². The van der Waals surface area contributed by atoms with Crippen molar-refractivity contribution in [3.8, 4) is 0 Å². The topological polar surface area (TPSA) is 9.23 Å². The predicted molar refractivity (Wildman–Crippen MR) is 85.0 cm³/mol. The highest BCUT2D eigenvalue weighted by Gasteiger charge is 2.26. The summed E-state index contributed by atoms with van der Waals surface area (Å²) in [6, 6.07) is 0. The Morgan fingerprint density at radius 1 is 1.05 bits per heavy atom. The zero-order chi connectivity index (χ0) is 14.0. The van der Waals surface area contributed by atoms with E-state index >= 15 is 0 Å². The predicted octanol–water partition coefficient (Wildman–Crippen LogP) is 5.80. The average Bonchev–Trinajstić information content (AvgIpc) is 2.48. The van der Waals surface area contributed by atoms with Crippen LogP contribution in [0.5, 0.6) is 0 Å². The van der Waals surface area contributed by atoms with Crippen LogP contribution in [0.15, 0.2) is 0 Å². The Kier molecular flexibility index (Phi) is 9.15. The summed E-state index contributed by atoms with van der Waals surface area (Å²) < 4.78 is 5.42. The summed E-state index contributed by atoms with van der Waals surface area (Å²) in [5.74, 6) is 1.78. The molecule has 0 aromatic rings. The lowest BCUT2D eigenvalue weighted by Gasteiger charge is -2.31. The SMILES string of the molecule is CCCCC(CC)(CCl)CCCCC1CCOCC1. The molecule has 0 aromatic carbocycles. The largest absolute Gasteiger partial charge is 0.381 e. The number of hydrogen-bond donors (Lipinski definition) is 0. The van der Waals surface area contributed by atoms with Crippen LogP contribution in [0.25, 0.3) is 0 Å². The molecule has 0 radical (unpaired) electrons. The van der Waals surface area contributed by atoms with Crippen LogP contribution in [-0.4, -0.2) is 19.1 Å². The fraction of sp³-hybridized carbons (Fsp3) is 1.00. The van der Waals surface area contributed by atoms with E-state index in [-0.39, 0.29) is 0 Å². The van der Waals surface area contributed by atoms with E-state index in [2.05, 4.69) is 13.8 Å². The lowest BCUT2D eigenvalue weighted by molar-refractivity contribution is 0.0627. The van der Waals surface area contributed by atoms with E-state index in [1.807, 2.05) is 0 Å². The van der Waals surface area contributed by atoms with Crippen molar-refractivity contribution >= 4 is 11.6 Å². The molecule has 2 heteroatoms. The summed E-state index contributed by atoms with van der Waals surface area (Å²) in [5, 5.41) is 0. The molecule has 1 rings (SSSR count). The molecule has 1 atom stereocenters. The van der Waals surface area contributed by atoms with Gasteiger partial charge in [0.2, 0.25) is 0 Å². The van der Waals surface area contributed by atoms with E-state index in [1.165, 1.54) is 64.2 Å². The third-order valence-corrected chi connectivity index (χ3v) is 5.57. The Morgan fingerprint density at radius 2 is 1.74 bits per heavy atom. The molecule has 0 aromatic heterocycles. The molecule has 1 aliphatic rings. The van der Waals surface area contributed by atoms with E-state index in [1.54, 1.807) is 0 Å². The molecule has 0 spiro atoms. The Morgan fingerprint density at radius 3 is 2.32 bits per heavy atom. The second-order valence-electron chi connectivity index (χ2n) is 6.39. The van der Waals surface area contributed by atoms with Crippen LogP contribution in [0.2, 0.25) is 0 Å². The first-order valence-electron chi connectivity index (χ1n) is 8.40. The molecule has 0 amide bonds. The highest BCUT2D eigenvalue weighted by Crippen LogP contribution is 2.36. The van der Waals surface area contributed by atoms with Crippen molar-refractivity contribution in [2.45, 2.75) is 78.1 Å². The second kappa shape index (κ2) is 10.0. The lowest BCUT2D eigenvalue weighted by Crippen LogP contribution is -2.22. The minimum atomic E-state index is 0.424. The van der Waals surface area contributed by atoms with Crippen molar-refractivity contribution in [1.29, 1.82) is 0 Å². The van der Waals surface area contributed by atoms with Crippen LogP contribution in [0, 0.1) is 11.3 Å². The Bertz CT molecular complexity index is 207. The number of unbranched alkanes of at least 4 members (excludes halogenated alkanes) is 2. The van der Waals surface area contributed by atoms with Crippen LogP contribution >= 0.6 is 11.6 Å². The third kappa shape index (κ3) is 6.49. The average molecular weight is 289 g/mol. The van der Waals surface area contributed by atoms with Gasteiger partial charge in [0.15, 0.2) is 0 Å². The molecule has 0 bridgehead atoms. The van der Waals surface area contributed by atoms with Gasteiger partial charge in [-0.25, -0.2) is 0 Å². The van der Waals surface area contributed by atoms with Crippen molar-refractivity contribution in [3.05, 3.63) is 0 Å². The van der Waals surface area contributed by atoms with Gasteiger partial charge >= 0.3 is 0 Å². The minimum Gasteiger partial charge on any atom is -0.381 e. The first-order chi connectivity index (χ1) is 9.26. The fourth-order valence-electron chi connectivity index (χ4n) is 3.23. The molecule has 0 saturated carbocycles. The number of ether oxygens (including phenoxy) is 1. The van der Waals surface area contributed by atoms with E-state index in [4.69, 9.17) is 16.3 Å². The molecule has 1 nitrogen and oxygen atoms in total. The molecule has 19 heavy (non-hydrogen) atoms. The third-order valence-electron chi connectivity index (χ3n) is 5.00. The molecular formula is C17H33ClO. The van der Waals surface area contributed by atoms with Crippen LogP contribution in [0.3, 0.4) is 0 Å². The normalized spacial score (nSPS) is 20.4. The summed E-state index contributed by atoms with van der Waals surface area (Å²) in [7, 11) is 0. The number of hydrogen-bond acceptors (Lipinski definition) is 1. The monoisotopic (exact) mass is 288 g/mol. The van der Waals surface area contributed by atoms with Gasteiger partial charge in [-0.1, -0.05) is 46.0 Å². The van der Waals surface area contributed by atoms with E-state index < -0.39 is 0 Å². The van der Waals surface area contributed by atoms with E-state index in [0.717, 1.165) is 25.0 Å². The van der Waals surface area contributed by atoms with Gasteiger partial charge in [0.25, 0.3) is 0 Å². The van der Waals surface area contributed by atoms with Crippen molar-refractivity contribution < 1.29 is 4.74 Å². The first-order valence-corrected chi connectivity index (χ1v) is 8.93. The molecule has 1 fully saturated rings. The standard InChI is InChI=1S/C17H33ClO/c1-3-5-11-17(4-2,15-18)12-7-6-8-16-9-13-19-14-10-16/h16H,3-15H2,1-2H3. The molecule has 114 valence electrons. The molecule has 0 N–H and O–H groups in total. The summed E-state index contributed by atoms with van der Waals surface area (Å²) in [6.45, 7) is 6.57. The van der Waals surface area contributed by atoms with Crippen LogP contribution in [0.1, 0.15) is 78.1 Å².